The van der Waals surface area contributed by atoms with E-state index in [0.29, 0.717) is 67.2 Å². The van der Waals surface area contributed by atoms with Crippen LogP contribution in [-0.2, 0) is 24.4 Å². The van der Waals surface area contributed by atoms with Crippen molar-refractivity contribution >= 4 is 45.2 Å². The van der Waals surface area contributed by atoms with Gasteiger partial charge in [-0.2, -0.15) is 13.2 Å². The molecule has 0 spiro atoms. The minimum atomic E-state index is -5.11. The third-order valence-corrected chi connectivity index (χ3v) is 16.2. The number of halogens is 3. The minimum absolute atomic E-state index is 0.0412. The second kappa shape index (κ2) is 18.1. The number of hydrogen-bond acceptors (Lipinski definition) is 11. The number of benzene rings is 1. The summed E-state index contributed by atoms with van der Waals surface area (Å²) < 4.78 is 84.6. The van der Waals surface area contributed by atoms with Crippen molar-refractivity contribution in [3.63, 3.8) is 0 Å². The number of fused-ring (bicyclic) bond motifs is 2. The summed E-state index contributed by atoms with van der Waals surface area (Å²) in [6, 6.07) is 7.14. The van der Waals surface area contributed by atoms with E-state index in [1.807, 2.05) is 39.0 Å². The standard InChI is InChI=1S/C46H57F3N6O9S2/c1-26(2)63-31-14-12-29(13-15-31)34-21-32(22-35(51-34)39-50-18-19-65-39)64-33-23-36-38(56)52-45(41(58)53-66(61,62)44(7)16-17-44)24-30(45)11-9-8-10-27(3)20-28(4)37(40(57)54(36)25-33)55(42(59)60)43(5,6)46(47,48)49/h9,11-15,18-19,21-22,26-28,30,33,36-37H,8,10,16-17,20,23-25H2,1-7H3,(H,52,56)(H,53,58)(H,59,60)/b11-9-/t27-,28-,30-,33-,36+,37+,45-/m1/s1. The molecule has 3 N–H and O–H groups in total. The lowest BCUT2D eigenvalue weighted by Gasteiger charge is -2.45. The first-order valence-corrected chi connectivity index (χ1v) is 24.5. The Kier molecular flexibility index (Phi) is 13.4. The molecule has 4 amide bonds. The molecule has 2 saturated carbocycles. The van der Waals surface area contributed by atoms with Gasteiger partial charge in [0.15, 0.2) is 0 Å². The number of sulfonamides is 1. The predicted molar refractivity (Wildman–Crippen MR) is 240 cm³/mol. The highest BCUT2D eigenvalue weighted by Crippen LogP contribution is 2.48. The van der Waals surface area contributed by atoms with Crippen LogP contribution in [0.4, 0.5) is 18.0 Å². The number of aromatic nitrogens is 2. The van der Waals surface area contributed by atoms with Crippen LogP contribution >= 0.6 is 11.3 Å². The maximum absolute atomic E-state index is 15.2. The molecular formula is C46H57F3N6O9S2. The van der Waals surface area contributed by atoms with Crippen molar-refractivity contribution in [2.75, 3.05) is 6.54 Å². The van der Waals surface area contributed by atoms with E-state index in [1.165, 1.54) is 25.2 Å². The van der Waals surface area contributed by atoms with E-state index in [4.69, 9.17) is 14.5 Å². The number of thiazole rings is 1. The largest absolute Gasteiger partial charge is 0.491 e. The average Bonchev–Trinajstić information content (AvgIpc) is 3.98. The minimum Gasteiger partial charge on any atom is -0.491 e. The summed E-state index contributed by atoms with van der Waals surface area (Å²) in [5, 5.41) is 15.7. The topological polar surface area (TPSA) is 197 Å². The number of carbonyl (C=O) groups excluding carboxylic acids is 3. The number of alkyl halides is 3. The first kappa shape index (κ1) is 48.7. The molecule has 20 heteroatoms. The first-order chi connectivity index (χ1) is 30.9. The van der Waals surface area contributed by atoms with E-state index in [2.05, 4.69) is 15.0 Å². The van der Waals surface area contributed by atoms with Gasteiger partial charge in [0.05, 0.1) is 23.1 Å². The van der Waals surface area contributed by atoms with Gasteiger partial charge in [-0.15, -0.1) is 11.3 Å². The van der Waals surface area contributed by atoms with Crippen LogP contribution in [-0.4, -0.2) is 110 Å². The molecular weight excluding hydrogens is 902 g/mol. The Morgan fingerprint density at radius 2 is 1.74 bits per heavy atom. The summed E-state index contributed by atoms with van der Waals surface area (Å²) in [7, 11) is -4.14. The number of carboxylic acid groups (broad SMARTS) is 1. The summed E-state index contributed by atoms with van der Waals surface area (Å²) in [6.45, 7) is 9.75. The van der Waals surface area contributed by atoms with E-state index >= 15 is 4.79 Å². The molecule has 0 radical (unpaired) electrons. The van der Waals surface area contributed by atoms with Crippen molar-refractivity contribution in [2.45, 2.75) is 140 Å². The molecule has 4 heterocycles. The number of hydrogen-bond donors (Lipinski definition) is 3. The molecule has 4 aliphatic rings. The molecule has 15 nitrogen and oxygen atoms in total. The fraction of sp³-hybridized carbons (Fsp3) is 0.565. The van der Waals surface area contributed by atoms with Gasteiger partial charge in [-0.3, -0.25) is 24.0 Å². The van der Waals surface area contributed by atoms with Crippen molar-refractivity contribution in [2.24, 2.45) is 17.8 Å². The third-order valence-electron chi connectivity index (χ3n) is 13.3. The van der Waals surface area contributed by atoms with Gasteiger partial charge in [-0.1, -0.05) is 26.0 Å². The molecule has 66 heavy (non-hydrogen) atoms. The highest BCUT2D eigenvalue weighted by molar-refractivity contribution is 7.91. The third kappa shape index (κ3) is 9.89. The fourth-order valence-electron chi connectivity index (χ4n) is 8.93. The average molecular weight is 959 g/mol. The van der Waals surface area contributed by atoms with Crippen molar-refractivity contribution < 1.29 is 55.3 Å². The summed E-state index contributed by atoms with van der Waals surface area (Å²) in [6.07, 6.45) is -1.36. The van der Waals surface area contributed by atoms with Crippen molar-refractivity contribution in [1.82, 2.24) is 29.8 Å². The Bertz CT molecular complexity index is 2460. The Morgan fingerprint density at radius 1 is 1.06 bits per heavy atom. The number of nitrogens with one attached hydrogen (secondary N) is 2. The molecule has 2 aliphatic heterocycles. The highest BCUT2D eigenvalue weighted by atomic mass is 32.2. The van der Waals surface area contributed by atoms with Crippen LogP contribution in [0.1, 0.15) is 93.4 Å². The van der Waals surface area contributed by atoms with Gasteiger partial charge >= 0.3 is 12.3 Å². The summed E-state index contributed by atoms with van der Waals surface area (Å²) in [5.41, 5.74) is -3.15. The van der Waals surface area contributed by atoms with Crippen molar-refractivity contribution in [1.29, 1.82) is 0 Å². The molecule has 3 aromatic rings. The van der Waals surface area contributed by atoms with Crippen LogP contribution < -0.4 is 19.5 Å². The lowest BCUT2D eigenvalue weighted by atomic mass is 9.85. The van der Waals surface area contributed by atoms with Gasteiger partial charge in [0.1, 0.15) is 51.5 Å². The van der Waals surface area contributed by atoms with Crippen LogP contribution in [0, 0.1) is 17.8 Å². The van der Waals surface area contributed by atoms with E-state index in [-0.39, 0.29) is 48.5 Å². The second-order valence-electron chi connectivity index (χ2n) is 19.2. The summed E-state index contributed by atoms with van der Waals surface area (Å²) in [4.78, 5) is 67.6. The zero-order valence-corrected chi connectivity index (χ0v) is 39.6. The van der Waals surface area contributed by atoms with Crippen molar-refractivity contribution in [3.8, 4) is 33.5 Å². The molecule has 1 aromatic carbocycles. The molecule has 7 atom stereocenters. The zero-order valence-electron chi connectivity index (χ0n) is 37.9. The predicted octanol–water partition coefficient (Wildman–Crippen LogP) is 7.58. The smallest absolute Gasteiger partial charge is 0.411 e. The van der Waals surface area contributed by atoms with Gasteiger partial charge < -0.3 is 24.8 Å². The van der Waals surface area contributed by atoms with Crippen LogP contribution in [0.25, 0.3) is 22.0 Å². The number of rotatable bonds is 11. The Balaban J connectivity index is 1.29. The number of ether oxygens (including phenoxy) is 2. The Hall–Kier alpha value is -5.24. The second-order valence-corrected chi connectivity index (χ2v) is 22.3. The summed E-state index contributed by atoms with van der Waals surface area (Å²) in [5.74, 6) is -3.76. The van der Waals surface area contributed by atoms with Gasteiger partial charge in [0.25, 0.3) is 5.91 Å². The quantitative estimate of drug-likeness (QED) is 0.160. The van der Waals surface area contributed by atoms with Crippen LogP contribution in [0.15, 0.2) is 60.1 Å². The highest BCUT2D eigenvalue weighted by Gasteiger charge is 2.64. The molecule has 1 saturated heterocycles. The number of carbonyl (C=O) groups is 4. The molecule has 0 bridgehead atoms. The molecule has 2 aliphatic carbocycles. The Morgan fingerprint density at radius 3 is 2.35 bits per heavy atom. The number of amides is 4. The van der Waals surface area contributed by atoms with Crippen LogP contribution in [0.5, 0.6) is 11.5 Å². The van der Waals surface area contributed by atoms with Crippen molar-refractivity contribution in [3.05, 3.63) is 60.1 Å². The van der Waals surface area contributed by atoms with Crippen LogP contribution in [0.2, 0.25) is 0 Å². The normalized spacial score (nSPS) is 27.3. The lowest BCUT2D eigenvalue weighted by molar-refractivity contribution is -0.222. The first-order valence-electron chi connectivity index (χ1n) is 22.2. The summed E-state index contributed by atoms with van der Waals surface area (Å²) >= 11 is 1.33. The molecule has 0 unspecified atom stereocenters. The molecule has 7 rings (SSSR count). The lowest BCUT2D eigenvalue weighted by Crippen LogP contribution is -2.66. The molecule has 358 valence electrons. The van der Waals surface area contributed by atoms with Gasteiger partial charge in [-0.25, -0.2) is 23.2 Å². The van der Waals surface area contributed by atoms with Gasteiger partial charge in [0.2, 0.25) is 21.8 Å². The maximum Gasteiger partial charge on any atom is 0.411 e. The van der Waals surface area contributed by atoms with E-state index in [9.17, 15) is 41.1 Å². The number of allylic oxidation sites excluding steroid dienone is 1. The maximum atomic E-state index is 15.2. The Labute approximate surface area is 386 Å². The SMILES string of the molecule is CC(C)Oc1ccc(-c2cc(O[C@@H]3C[C@H]4C(=O)N[C@]5(C(=O)NS(=O)(=O)C6(C)CC6)C[C@H]5/C=C\CC[C@@H](C)C[C@@H](C)[C@H](N(C(=O)O)C(C)(C)C(F)(F)F)C(=O)N4C3)cc(-c3nccs3)n2)cc1. The fourth-order valence-corrected chi connectivity index (χ4v) is 10.8. The van der Waals surface area contributed by atoms with Gasteiger partial charge in [0, 0.05) is 41.6 Å². The van der Waals surface area contributed by atoms with E-state index in [0.717, 1.165) is 4.90 Å². The van der Waals surface area contributed by atoms with E-state index < -0.39 is 85.9 Å². The zero-order chi connectivity index (χ0) is 48.1. The number of nitrogens with zero attached hydrogens (tertiary/aromatic N) is 4. The number of pyridine rings is 1. The van der Waals surface area contributed by atoms with Crippen LogP contribution in [0.3, 0.4) is 0 Å². The molecule has 2 aromatic heterocycles. The van der Waals surface area contributed by atoms with E-state index in [1.54, 1.807) is 41.9 Å². The molecule has 3 fully saturated rings. The monoisotopic (exact) mass is 958 g/mol. The van der Waals surface area contributed by atoms with Gasteiger partial charge in [-0.05, 0) is 109 Å².